The van der Waals surface area contributed by atoms with Crippen molar-refractivity contribution in [3.05, 3.63) is 65.7 Å². The summed E-state index contributed by atoms with van der Waals surface area (Å²) >= 11 is 0. The van der Waals surface area contributed by atoms with Crippen molar-refractivity contribution in [1.29, 1.82) is 0 Å². The second-order valence-corrected chi connectivity index (χ2v) is 8.23. The second-order valence-electron chi connectivity index (χ2n) is 8.23. The number of likely N-dealkylation sites (tertiary alicyclic amines) is 1. The maximum Gasteiger partial charge on any atom is 0.220 e. The van der Waals surface area contributed by atoms with E-state index in [2.05, 4.69) is 51.4 Å². The lowest BCUT2D eigenvalue weighted by Gasteiger charge is -2.35. The number of hydrogen-bond donors (Lipinski definition) is 3. The van der Waals surface area contributed by atoms with Gasteiger partial charge in [0.2, 0.25) is 5.91 Å². The van der Waals surface area contributed by atoms with E-state index in [4.69, 9.17) is 4.74 Å². The molecule has 160 valence electrons. The van der Waals surface area contributed by atoms with E-state index in [1.54, 1.807) is 7.11 Å². The Morgan fingerprint density at radius 3 is 2.67 bits per heavy atom. The third kappa shape index (κ3) is 5.39. The van der Waals surface area contributed by atoms with Crippen LogP contribution >= 0.6 is 0 Å². The first-order chi connectivity index (χ1) is 14.7. The summed E-state index contributed by atoms with van der Waals surface area (Å²) in [6, 6.07) is 19.1. The van der Waals surface area contributed by atoms with Crippen LogP contribution in [0.4, 0.5) is 0 Å². The highest BCUT2D eigenvalue weighted by Gasteiger charge is 2.32. The Kier molecular flexibility index (Phi) is 7.00. The Bertz CT molecular complexity index is 821. The average molecular weight is 409 g/mol. The molecule has 4 rings (SSSR count). The number of aryl methyl sites for hydroxylation is 1. The van der Waals surface area contributed by atoms with Crippen molar-refractivity contribution < 1.29 is 9.53 Å². The summed E-state index contributed by atoms with van der Waals surface area (Å²) in [7, 11) is 1.66. The van der Waals surface area contributed by atoms with E-state index < -0.39 is 0 Å². The van der Waals surface area contributed by atoms with Crippen LogP contribution < -0.4 is 20.9 Å². The Hall–Kier alpha value is -2.41. The molecule has 2 atom stereocenters. The Balaban J connectivity index is 1.18. The molecule has 2 heterocycles. The summed E-state index contributed by atoms with van der Waals surface area (Å²) in [5.74, 6) is 0.978. The number of benzene rings is 2. The van der Waals surface area contributed by atoms with Crippen LogP contribution in [0.2, 0.25) is 0 Å². The molecule has 2 aromatic rings. The van der Waals surface area contributed by atoms with Gasteiger partial charge in [-0.1, -0.05) is 42.5 Å². The third-order valence-electron chi connectivity index (χ3n) is 6.20. The smallest absolute Gasteiger partial charge is 0.220 e. The van der Waals surface area contributed by atoms with Crippen LogP contribution in [0.3, 0.4) is 0 Å². The summed E-state index contributed by atoms with van der Waals surface area (Å²) in [4.78, 5) is 14.9. The SMILES string of the molecule is COc1cccc(CCC(=O)NC2CCN(C3CC(c4ccccc4)NN3)CC2)c1. The standard InChI is InChI=1S/C24H32N4O2/c1-30-21-9-5-6-18(16-21)10-11-24(29)25-20-12-14-28(15-13-20)23-17-22(26-27-23)19-7-3-2-4-8-19/h2-9,16,20,22-23,26-27H,10-15,17H2,1H3,(H,25,29). The number of hydrazine groups is 1. The minimum Gasteiger partial charge on any atom is -0.497 e. The highest BCUT2D eigenvalue weighted by atomic mass is 16.5. The van der Waals surface area contributed by atoms with Crippen molar-refractivity contribution in [2.75, 3.05) is 20.2 Å². The third-order valence-corrected chi connectivity index (χ3v) is 6.20. The zero-order chi connectivity index (χ0) is 20.8. The van der Waals surface area contributed by atoms with Crippen molar-refractivity contribution >= 4 is 5.91 Å². The zero-order valence-corrected chi connectivity index (χ0v) is 17.6. The number of rotatable bonds is 7. The van der Waals surface area contributed by atoms with Gasteiger partial charge in [0, 0.05) is 31.6 Å². The highest BCUT2D eigenvalue weighted by molar-refractivity contribution is 5.76. The van der Waals surface area contributed by atoms with Crippen LogP contribution in [0, 0.1) is 0 Å². The van der Waals surface area contributed by atoms with E-state index in [9.17, 15) is 4.79 Å². The van der Waals surface area contributed by atoms with Crippen LogP contribution in [-0.2, 0) is 11.2 Å². The number of amides is 1. The van der Waals surface area contributed by atoms with Crippen molar-refractivity contribution in [3.63, 3.8) is 0 Å². The van der Waals surface area contributed by atoms with Gasteiger partial charge in [0.25, 0.3) is 0 Å². The topological polar surface area (TPSA) is 65.6 Å². The van der Waals surface area contributed by atoms with E-state index in [-0.39, 0.29) is 11.9 Å². The molecule has 0 bridgehead atoms. The largest absolute Gasteiger partial charge is 0.497 e. The summed E-state index contributed by atoms with van der Waals surface area (Å²) in [5, 5.41) is 3.23. The molecule has 2 saturated heterocycles. The van der Waals surface area contributed by atoms with Crippen molar-refractivity contribution in [2.24, 2.45) is 0 Å². The van der Waals surface area contributed by atoms with Gasteiger partial charge in [0.15, 0.2) is 0 Å². The van der Waals surface area contributed by atoms with Gasteiger partial charge >= 0.3 is 0 Å². The quantitative estimate of drug-likeness (QED) is 0.658. The molecular formula is C24H32N4O2. The predicted molar refractivity (Wildman–Crippen MR) is 118 cm³/mol. The summed E-state index contributed by atoms with van der Waals surface area (Å²) in [6.45, 7) is 2.00. The molecule has 30 heavy (non-hydrogen) atoms. The van der Waals surface area contributed by atoms with E-state index in [0.717, 1.165) is 50.1 Å². The molecule has 0 saturated carbocycles. The van der Waals surface area contributed by atoms with Crippen molar-refractivity contribution in [3.8, 4) is 5.75 Å². The number of nitrogens with zero attached hydrogens (tertiary/aromatic N) is 1. The minimum atomic E-state index is 0.140. The molecule has 0 spiro atoms. The lowest BCUT2D eigenvalue weighted by molar-refractivity contribution is -0.122. The maximum absolute atomic E-state index is 12.4. The molecule has 6 nitrogen and oxygen atoms in total. The fourth-order valence-electron chi connectivity index (χ4n) is 4.42. The van der Waals surface area contributed by atoms with E-state index in [1.807, 2.05) is 24.3 Å². The Morgan fingerprint density at radius 2 is 1.90 bits per heavy atom. The van der Waals surface area contributed by atoms with E-state index in [1.165, 1.54) is 5.56 Å². The number of piperidine rings is 1. The van der Waals surface area contributed by atoms with Gasteiger partial charge in [-0.15, -0.1) is 0 Å². The van der Waals surface area contributed by atoms with Gasteiger partial charge in [0.1, 0.15) is 5.75 Å². The lowest BCUT2D eigenvalue weighted by Crippen LogP contribution is -2.51. The van der Waals surface area contributed by atoms with Gasteiger partial charge in [-0.2, -0.15) is 0 Å². The molecule has 2 aliphatic rings. The number of hydrogen-bond acceptors (Lipinski definition) is 5. The van der Waals surface area contributed by atoms with Crippen molar-refractivity contribution in [1.82, 2.24) is 21.1 Å². The summed E-state index contributed by atoms with van der Waals surface area (Å²) in [6.07, 6.45) is 4.65. The fourth-order valence-corrected chi connectivity index (χ4v) is 4.42. The molecule has 0 radical (unpaired) electrons. The molecule has 3 N–H and O–H groups in total. The minimum absolute atomic E-state index is 0.140. The number of methoxy groups -OCH3 is 1. The summed E-state index contributed by atoms with van der Waals surface area (Å²) < 4.78 is 5.25. The fraction of sp³-hybridized carbons (Fsp3) is 0.458. The molecule has 2 aromatic carbocycles. The van der Waals surface area contributed by atoms with E-state index in [0.29, 0.717) is 18.6 Å². The molecule has 6 heteroatoms. The molecule has 0 aromatic heterocycles. The van der Waals surface area contributed by atoms with E-state index >= 15 is 0 Å². The molecule has 2 unspecified atom stereocenters. The van der Waals surface area contributed by atoms with Gasteiger partial charge in [-0.25, -0.2) is 10.9 Å². The van der Waals surface area contributed by atoms with Crippen LogP contribution in [-0.4, -0.2) is 43.2 Å². The lowest BCUT2D eigenvalue weighted by atomic mass is 10.0. The van der Waals surface area contributed by atoms with Gasteiger partial charge in [-0.05, 0) is 48.9 Å². The second kappa shape index (κ2) is 10.1. The zero-order valence-electron chi connectivity index (χ0n) is 17.6. The number of carbonyl (C=O) groups is 1. The Labute approximate surface area is 179 Å². The molecule has 2 fully saturated rings. The molecular weight excluding hydrogens is 376 g/mol. The van der Waals surface area contributed by atoms with Crippen LogP contribution in [0.15, 0.2) is 54.6 Å². The molecule has 1 amide bonds. The van der Waals surface area contributed by atoms with Crippen LogP contribution in [0.25, 0.3) is 0 Å². The number of nitrogens with one attached hydrogen (secondary N) is 3. The molecule has 0 aliphatic carbocycles. The summed E-state index contributed by atoms with van der Waals surface area (Å²) in [5.41, 5.74) is 9.35. The predicted octanol–water partition coefficient (Wildman–Crippen LogP) is 2.77. The first kappa shape index (κ1) is 20.8. The monoisotopic (exact) mass is 408 g/mol. The van der Waals surface area contributed by atoms with Gasteiger partial charge < -0.3 is 10.1 Å². The van der Waals surface area contributed by atoms with Crippen molar-refractivity contribution in [2.45, 2.75) is 50.4 Å². The normalized spacial score (nSPS) is 22.7. The van der Waals surface area contributed by atoms with Crippen LogP contribution in [0.5, 0.6) is 5.75 Å². The first-order valence-electron chi connectivity index (χ1n) is 10.9. The highest BCUT2D eigenvalue weighted by Crippen LogP contribution is 2.25. The van der Waals surface area contributed by atoms with Crippen LogP contribution in [0.1, 0.15) is 42.9 Å². The van der Waals surface area contributed by atoms with Gasteiger partial charge in [0.05, 0.1) is 13.3 Å². The molecule has 2 aliphatic heterocycles. The average Bonchev–Trinajstić information content (AvgIpc) is 3.29. The number of carbonyl (C=O) groups excluding carboxylic acids is 1. The first-order valence-corrected chi connectivity index (χ1v) is 10.9. The Morgan fingerprint density at radius 1 is 1.10 bits per heavy atom. The maximum atomic E-state index is 12.4. The number of ether oxygens (including phenoxy) is 1. The van der Waals surface area contributed by atoms with Gasteiger partial charge in [-0.3, -0.25) is 9.69 Å².